The summed E-state index contributed by atoms with van der Waals surface area (Å²) in [5, 5.41) is 11.5. The molecule has 0 saturated carbocycles. The van der Waals surface area contributed by atoms with Crippen LogP contribution in [0.15, 0.2) is 35.3 Å². The molecule has 0 bridgehead atoms. The molecule has 25 heavy (non-hydrogen) atoms. The van der Waals surface area contributed by atoms with Crippen LogP contribution in [-0.4, -0.2) is 37.6 Å². The highest BCUT2D eigenvalue weighted by molar-refractivity contribution is 6.31. The summed E-state index contributed by atoms with van der Waals surface area (Å²) in [6.07, 6.45) is 1.57. The highest BCUT2D eigenvalue weighted by Gasteiger charge is 2.13. The maximum atomic E-state index is 10.1. The second-order valence-corrected chi connectivity index (χ2v) is 5.66. The van der Waals surface area contributed by atoms with E-state index in [2.05, 4.69) is 9.98 Å². The molecule has 0 amide bonds. The Labute approximate surface area is 149 Å². The van der Waals surface area contributed by atoms with Crippen molar-refractivity contribution >= 4 is 34.4 Å². The third-order valence-electron chi connectivity index (χ3n) is 3.77. The average molecular weight is 361 g/mol. The lowest BCUT2D eigenvalue weighted by Gasteiger charge is -2.12. The lowest BCUT2D eigenvalue weighted by molar-refractivity contribution is 0.324. The Kier molecular flexibility index (Phi) is 4.72. The van der Waals surface area contributed by atoms with Gasteiger partial charge in [-0.1, -0.05) is 17.7 Å². The summed E-state index contributed by atoms with van der Waals surface area (Å²) < 4.78 is 15.9. The Bertz CT molecular complexity index is 925. The van der Waals surface area contributed by atoms with E-state index in [0.29, 0.717) is 33.5 Å². The van der Waals surface area contributed by atoms with Crippen molar-refractivity contribution in [3.05, 3.63) is 40.9 Å². The van der Waals surface area contributed by atoms with Crippen molar-refractivity contribution < 1.29 is 19.3 Å². The molecule has 1 heterocycles. The molecule has 2 N–H and O–H groups in total. The molecule has 7 heteroatoms. The fourth-order valence-electron chi connectivity index (χ4n) is 2.59. The van der Waals surface area contributed by atoms with Crippen molar-refractivity contribution in [3.63, 3.8) is 0 Å². The molecule has 3 rings (SSSR count). The monoisotopic (exact) mass is 360 g/mol. The quantitative estimate of drug-likeness (QED) is 0.665. The van der Waals surface area contributed by atoms with Crippen molar-refractivity contribution in [2.45, 2.75) is 0 Å². The molecule has 0 radical (unpaired) electrons. The molecule has 0 fully saturated rings. The number of ether oxygens (including phenoxy) is 3. The summed E-state index contributed by atoms with van der Waals surface area (Å²) in [4.78, 5) is 7.30. The lowest BCUT2D eigenvalue weighted by Crippen LogP contribution is -1.94. The largest absolute Gasteiger partial charge is 0.494 e. The first kappa shape index (κ1) is 17.0. The Balaban J connectivity index is 2.04. The first-order valence-electron chi connectivity index (χ1n) is 7.41. The molecule has 130 valence electrons. The number of methoxy groups -OCH3 is 3. The fraction of sp³-hybridized carbons (Fsp3) is 0.167. The maximum Gasteiger partial charge on any atom is 0.203 e. The predicted molar refractivity (Wildman–Crippen MR) is 98.3 cm³/mol. The number of H-pyrrole nitrogens is 1. The first-order chi connectivity index (χ1) is 12.1. The van der Waals surface area contributed by atoms with Crippen LogP contribution in [0.2, 0.25) is 5.02 Å². The number of aromatic hydroxyl groups is 1. The van der Waals surface area contributed by atoms with Gasteiger partial charge >= 0.3 is 0 Å². The van der Waals surface area contributed by atoms with E-state index in [-0.39, 0.29) is 5.88 Å². The summed E-state index contributed by atoms with van der Waals surface area (Å²) in [7, 11) is 4.62. The molecule has 0 aliphatic carbocycles. The predicted octanol–water partition coefficient (Wildman–Crippen LogP) is 4.30. The zero-order valence-electron chi connectivity index (χ0n) is 14.0. The summed E-state index contributed by atoms with van der Waals surface area (Å²) >= 11 is 5.97. The van der Waals surface area contributed by atoms with Gasteiger partial charge in [0.1, 0.15) is 0 Å². The highest BCUT2D eigenvalue weighted by atomic mass is 35.5. The minimum Gasteiger partial charge on any atom is -0.494 e. The van der Waals surface area contributed by atoms with Crippen LogP contribution in [0, 0.1) is 0 Å². The van der Waals surface area contributed by atoms with E-state index in [9.17, 15) is 5.11 Å². The van der Waals surface area contributed by atoms with E-state index in [1.54, 1.807) is 51.8 Å². The Morgan fingerprint density at radius 1 is 1.04 bits per heavy atom. The molecule has 0 unspecified atom stereocenters. The summed E-state index contributed by atoms with van der Waals surface area (Å²) in [6, 6.07) is 8.77. The molecular weight excluding hydrogens is 344 g/mol. The normalized spacial score (nSPS) is 11.2. The van der Waals surface area contributed by atoms with Crippen molar-refractivity contribution in [2.24, 2.45) is 4.99 Å². The topological polar surface area (TPSA) is 76.1 Å². The van der Waals surface area contributed by atoms with Crippen LogP contribution >= 0.6 is 11.6 Å². The molecule has 6 nitrogen and oxygen atoms in total. The van der Waals surface area contributed by atoms with Gasteiger partial charge in [0, 0.05) is 28.8 Å². The summed E-state index contributed by atoms with van der Waals surface area (Å²) in [5.41, 5.74) is 1.90. The molecule has 3 aromatic rings. The van der Waals surface area contributed by atoms with Gasteiger partial charge in [0.2, 0.25) is 5.75 Å². The van der Waals surface area contributed by atoms with Crippen molar-refractivity contribution in [3.8, 4) is 23.1 Å². The number of nitrogens with one attached hydrogen (secondary N) is 1. The number of hydrogen-bond donors (Lipinski definition) is 2. The second kappa shape index (κ2) is 6.94. The van der Waals surface area contributed by atoms with Crippen LogP contribution in [0.1, 0.15) is 5.56 Å². The molecule has 0 aliphatic rings. The minimum absolute atomic E-state index is 0.0217. The number of benzene rings is 2. The third-order valence-corrected chi connectivity index (χ3v) is 4.01. The SMILES string of the molecule is COc1cc(N=Cc2c(O)[nH]c3cc(Cl)ccc23)cc(OC)c1OC. The summed E-state index contributed by atoms with van der Waals surface area (Å²) in [6.45, 7) is 0. The van der Waals surface area contributed by atoms with E-state index in [1.165, 1.54) is 0 Å². The summed E-state index contributed by atoms with van der Waals surface area (Å²) in [5.74, 6) is 1.52. The molecule has 2 aromatic carbocycles. The van der Waals surface area contributed by atoms with Crippen LogP contribution in [0.3, 0.4) is 0 Å². The minimum atomic E-state index is 0.0217. The number of rotatable bonds is 5. The van der Waals surface area contributed by atoms with Crippen LogP contribution in [-0.2, 0) is 0 Å². The Morgan fingerprint density at radius 3 is 2.32 bits per heavy atom. The van der Waals surface area contributed by atoms with Crippen LogP contribution in [0.5, 0.6) is 23.1 Å². The van der Waals surface area contributed by atoms with Crippen molar-refractivity contribution in [2.75, 3.05) is 21.3 Å². The smallest absolute Gasteiger partial charge is 0.203 e. The Morgan fingerprint density at radius 2 is 1.72 bits per heavy atom. The standard InChI is InChI=1S/C18H17ClN2O4/c1-23-15-7-11(8-16(24-2)17(15)25-3)20-9-13-12-5-4-10(19)6-14(12)21-18(13)22/h4-9,21-22H,1-3H3. The average Bonchev–Trinajstić information content (AvgIpc) is 2.92. The number of nitrogens with zero attached hydrogens (tertiary/aromatic N) is 1. The van der Waals surface area contributed by atoms with Gasteiger partial charge in [-0.3, -0.25) is 4.99 Å². The second-order valence-electron chi connectivity index (χ2n) is 5.22. The van der Waals surface area contributed by atoms with Gasteiger partial charge in [0.05, 0.1) is 38.1 Å². The van der Waals surface area contributed by atoms with E-state index in [4.69, 9.17) is 25.8 Å². The van der Waals surface area contributed by atoms with Crippen molar-refractivity contribution in [1.82, 2.24) is 4.98 Å². The molecule has 0 atom stereocenters. The van der Waals surface area contributed by atoms with Crippen LogP contribution < -0.4 is 14.2 Å². The van der Waals surface area contributed by atoms with Crippen LogP contribution in [0.4, 0.5) is 5.69 Å². The molecular formula is C18H17ClN2O4. The van der Waals surface area contributed by atoms with Crippen molar-refractivity contribution in [1.29, 1.82) is 0 Å². The number of aliphatic imine (C=N–C) groups is 1. The molecule has 0 saturated heterocycles. The lowest BCUT2D eigenvalue weighted by atomic mass is 10.2. The maximum absolute atomic E-state index is 10.1. The fourth-order valence-corrected chi connectivity index (χ4v) is 2.76. The van der Waals surface area contributed by atoms with Gasteiger partial charge in [0.25, 0.3) is 0 Å². The number of fused-ring (bicyclic) bond motifs is 1. The molecule has 0 spiro atoms. The number of hydrogen-bond acceptors (Lipinski definition) is 5. The van der Waals surface area contributed by atoms with Gasteiger partial charge in [-0.25, -0.2) is 0 Å². The number of halogens is 1. The van der Waals surface area contributed by atoms with E-state index in [0.717, 1.165) is 10.9 Å². The number of aromatic amines is 1. The van der Waals surface area contributed by atoms with E-state index < -0.39 is 0 Å². The van der Waals surface area contributed by atoms with Gasteiger partial charge in [-0.15, -0.1) is 0 Å². The van der Waals surface area contributed by atoms with Gasteiger partial charge < -0.3 is 24.3 Å². The van der Waals surface area contributed by atoms with Gasteiger partial charge in [-0.2, -0.15) is 0 Å². The van der Waals surface area contributed by atoms with E-state index >= 15 is 0 Å². The van der Waals surface area contributed by atoms with Gasteiger partial charge in [0.15, 0.2) is 17.4 Å². The zero-order valence-corrected chi connectivity index (χ0v) is 14.7. The van der Waals surface area contributed by atoms with Gasteiger partial charge in [-0.05, 0) is 12.1 Å². The number of aromatic nitrogens is 1. The van der Waals surface area contributed by atoms with Crippen LogP contribution in [0.25, 0.3) is 10.9 Å². The first-order valence-corrected chi connectivity index (χ1v) is 7.79. The zero-order chi connectivity index (χ0) is 18.0. The third kappa shape index (κ3) is 3.21. The Hall–Kier alpha value is -2.86. The molecule has 1 aromatic heterocycles. The van der Waals surface area contributed by atoms with E-state index in [1.807, 2.05) is 6.07 Å². The highest BCUT2D eigenvalue weighted by Crippen LogP contribution is 2.41. The molecule has 0 aliphatic heterocycles.